The third kappa shape index (κ3) is 4.53. The fourth-order valence-electron chi connectivity index (χ4n) is 3.50. The number of ether oxygens (including phenoxy) is 2. The van der Waals surface area contributed by atoms with Crippen LogP contribution in [0.2, 0.25) is 0 Å². The molecular formula is C23H28N2O4. The molecule has 0 bridgehead atoms. The molecule has 1 aliphatic rings. The van der Waals surface area contributed by atoms with Crippen LogP contribution in [0.15, 0.2) is 42.5 Å². The lowest BCUT2D eigenvalue weighted by atomic mass is 9.98. The van der Waals surface area contributed by atoms with E-state index in [-0.39, 0.29) is 18.2 Å². The summed E-state index contributed by atoms with van der Waals surface area (Å²) in [4.78, 5) is 26.9. The van der Waals surface area contributed by atoms with E-state index in [1.165, 1.54) is 5.56 Å². The van der Waals surface area contributed by atoms with Crippen molar-refractivity contribution in [2.75, 3.05) is 31.0 Å². The molecule has 6 nitrogen and oxygen atoms in total. The number of carbonyl (C=O) groups is 2. The van der Waals surface area contributed by atoms with Crippen LogP contribution in [0.4, 0.5) is 11.4 Å². The van der Waals surface area contributed by atoms with Gasteiger partial charge in [-0.1, -0.05) is 26.0 Å². The number of nitrogens with one attached hydrogen (secondary N) is 1. The Kier molecular flexibility index (Phi) is 6.42. The highest BCUT2D eigenvalue weighted by atomic mass is 16.5. The maximum atomic E-state index is 12.7. The van der Waals surface area contributed by atoms with Gasteiger partial charge in [0, 0.05) is 24.7 Å². The number of rotatable bonds is 7. The average Bonchev–Trinajstić information content (AvgIpc) is 3.14. The fraction of sp³-hybridized carbons (Fsp3) is 0.391. The second-order valence-electron chi connectivity index (χ2n) is 7.36. The Bertz CT molecular complexity index is 879. The van der Waals surface area contributed by atoms with Gasteiger partial charge in [0.15, 0.2) is 0 Å². The van der Waals surface area contributed by atoms with Crippen LogP contribution >= 0.6 is 0 Å². The molecule has 2 amide bonds. The smallest absolute Gasteiger partial charge is 0.229 e. The Morgan fingerprint density at radius 1 is 1.17 bits per heavy atom. The molecule has 0 unspecified atom stereocenters. The molecule has 1 N–H and O–H groups in total. The van der Waals surface area contributed by atoms with Crippen molar-refractivity contribution >= 4 is 23.2 Å². The van der Waals surface area contributed by atoms with Crippen LogP contribution in [-0.2, 0) is 9.59 Å². The lowest BCUT2D eigenvalue weighted by Gasteiger charge is -2.20. The van der Waals surface area contributed by atoms with E-state index in [9.17, 15) is 9.59 Å². The van der Waals surface area contributed by atoms with Gasteiger partial charge in [-0.3, -0.25) is 9.59 Å². The highest BCUT2D eigenvalue weighted by Crippen LogP contribution is 2.36. The summed E-state index contributed by atoms with van der Waals surface area (Å²) < 4.78 is 10.6. The van der Waals surface area contributed by atoms with Gasteiger partial charge < -0.3 is 19.7 Å². The summed E-state index contributed by atoms with van der Waals surface area (Å²) in [5, 5.41) is 2.94. The lowest BCUT2D eigenvalue weighted by Crippen LogP contribution is -2.28. The highest BCUT2D eigenvalue weighted by Gasteiger charge is 2.36. The molecule has 2 aromatic rings. The maximum absolute atomic E-state index is 12.7. The van der Waals surface area contributed by atoms with Crippen LogP contribution in [-0.4, -0.2) is 32.6 Å². The minimum atomic E-state index is -0.413. The van der Waals surface area contributed by atoms with Crippen molar-refractivity contribution in [1.29, 1.82) is 0 Å². The Balaban J connectivity index is 1.69. The predicted octanol–water partition coefficient (Wildman–Crippen LogP) is 4.21. The Hall–Kier alpha value is -3.02. The van der Waals surface area contributed by atoms with Crippen molar-refractivity contribution in [1.82, 2.24) is 0 Å². The van der Waals surface area contributed by atoms with Crippen molar-refractivity contribution in [3.05, 3.63) is 48.0 Å². The zero-order valence-electron chi connectivity index (χ0n) is 17.4. The van der Waals surface area contributed by atoms with Gasteiger partial charge in [-0.2, -0.15) is 0 Å². The molecule has 1 saturated heterocycles. The summed E-state index contributed by atoms with van der Waals surface area (Å²) in [6, 6.07) is 13.2. The molecule has 0 aliphatic carbocycles. The predicted molar refractivity (Wildman–Crippen MR) is 114 cm³/mol. The molecule has 1 heterocycles. The first-order valence-electron chi connectivity index (χ1n) is 9.90. The van der Waals surface area contributed by atoms with Gasteiger partial charge in [0.25, 0.3) is 0 Å². The van der Waals surface area contributed by atoms with Gasteiger partial charge in [-0.25, -0.2) is 0 Å². The van der Waals surface area contributed by atoms with E-state index in [1.807, 2.05) is 24.3 Å². The zero-order chi connectivity index (χ0) is 21.0. The number of methoxy groups -OCH3 is 2. The second-order valence-corrected chi connectivity index (χ2v) is 7.36. The minimum absolute atomic E-state index is 0.0965. The largest absolute Gasteiger partial charge is 0.497 e. The summed E-state index contributed by atoms with van der Waals surface area (Å²) >= 11 is 0. The summed E-state index contributed by atoms with van der Waals surface area (Å²) in [5.74, 6) is 1.01. The quantitative estimate of drug-likeness (QED) is 0.761. The van der Waals surface area contributed by atoms with Crippen molar-refractivity contribution in [2.45, 2.75) is 32.6 Å². The molecule has 6 heteroatoms. The van der Waals surface area contributed by atoms with E-state index < -0.39 is 5.92 Å². The number of anilines is 2. The second kappa shape index (κ2) is 8.99. The molecule has 2 atom stereocenters. The van der Waals surface area contributed by atoms with Gasteiger partial charge >= 0.3 is 0 Å². The molecule has 154 valence electrons. The van der Waals surface area contributed by atoms with E-state index in [2.05, 4.69) is 19.2 Å². The van der Waals surface area contributed by atoms with Crippen molar-refractivity contribution in [2.24, 2.45) is 5.92 Å². The SMILES string of the molecule is CC[C@H](C)c1ccc(NC(=O)[C@H]2CC(=O)N(c3ccc(OC)cc3OC)C2)cc1. The monoisotopic (exact) mass is 396 g/mol. The third-order valence-electron chi connectivity index (χ3n) is 5.53. The van der Waals surface area contributed by atoms with Crippen LogP contribution in [0.25, 0.3) is 0 Å². The molecule has 3 rings (SSSR count). The molecule has 0 radical (unpaired) electrons. The topological polar surface area (TPSA) is 67.9 Å². The van der Waals surface area contributed by atoms with Crippen LogP contribution < -0.4 is 19.7 Å². The Morgan fingerprint density at radius 3 is 2.52 bits per heavy atom. The van der Waals surface area contributed by atoms with Crippen molar-refractivity contribution in [3.8, 4) is 11.5 Å². The minimum Gasteiger partial charge on any atom is -0.497 e. The first-order valence-corrected chi connectivity index (χ1v) is 9.90. The van der Waals surface area contributed by atoms with E-state index >= 15 is 0 Å². The van der Waals surface area contributed by atoms with E-state index in [0.717, 1.165) is 12.1 Å². The first-order chi connectivity index (χ1) is 14.0. The zero-order valence-corrected chi connectivity index (χ0v) is 17.4. The highest BCUT2D eigenvalue weighted by molar-refractivity contribution is 6.04. The molecule has 1 aliphatic heterocycles. The number of hydrogen-bond donors (Lipinski definition) is 1. The third-order valence-corrected chi connectivity index (χ3v) is 5.53. The summed E-state index contributed by atoms with van der Waals surface area (Å²) in [6.07, 6.45) is 1.24. The van der Waals surface area contributed by atoms with Gasteiger partial charge in [0.2, 0.25) is 11.8 Å². The molecule has 0 spiro atoms. The number of benzene rings is 2. The standard InChI is InChI=1S/C23H28N2O4/c1-5-15(2)16-6-8-18(9-7-16)24-23(27)17-12-22(26)25(14-17)20-11-10-19(28-3)13-21(20)29-4/h6-11,13,15,17H,5,12,14H2,1-4H3,(H,24,27)/t15-,17-/m0/s1. The van der Waals surface area contributed by atoms with E-state index in [0.29, 0.717) is 29.6 Å². The van der Waals surface area contributed by atoms with Crippen LogP contribution in [0.5, 0.6) is 11.5 Å². The first kappa shape index (κ1) is 20.7. The molecular weight excluding hydrogens is 368 g/mol. The van der Waals surface area contributed by atoms with Crippen molar-refractivity contribution < 1.29 is 19.1 Å². The Labute approximate surface area is 171 Å². The Morgan fingerprint density at radius 2 is 1.90 bits per heavy atom. The summed E-state index contributed by atoms with van der Waals surface area (Å²) in [6.45, 7) is 4.65. The van der Waals surface area contributed by atoms with Crippen LogP contribution in [0, 0.1) is 5.92 Å². The number of nitrogens with zero attached hydrogens (tertiary/aromatic N) is 1. The number of amides is 2. The molecule has 0 aromatic heterocycles. The van der Waals surface area contributed by atoms with Crippen LogP contribution in [0.3, 0.4) is 0 Å². The van der Waals surface area contributed by atoms with Crippen molar-refractivity contribution in [3.63, 3.8) is 0 Å². The van der Waals surface area contributed by atoms with Crippen LogP contribution in [0.1, 0.15) is 38.2 Å². The summed E-state index contributed by atoms with van der Waals surface area (Å²) in [7, 11) is 3.12. The molecule has 29 heavy (non-hydrogen) atoms. The van der Waals surface area contributed by atoms with Gasteiger partial charge in [0.1, 0.15) is 11.5 Å². The molecule has 2 aromatic carbocycles. The van der Waals surface area contributed by atoms with E-state index in [1.54, 1.807) is 37.3 Å². The van der Waals surface area contributed by atoms with Gasteiger partial charge in [0.05, 0.1) is 25.8 Å². The average molecular weight is 396 g/mol. The summed E-state index contributed by atoms with van der Waals surface area (Å²) in [5.41, 5.74) is 2.64. The fourth-order valence-corrected chi connectivity index (χ4v) is 3.50. The number of hydrogen-bond acceptors (Lipinski definition) is 4. The van der Waals surface area contributed by atoms with Gasteiger partial charge in [-0.15, -0.1) is 0 Å². The molecule has 0 saturated carbocycles. The normalized spacial score (nSPS) is 17.2. The number of carbonyl (C=O) groups excluding carboxylic acids is 2. The maximum Gasteiger partial charge on any atom is 0.229 e. The lowest BCUT2D eigenvalue weighted by molar-refractivity contribution is -0.122. The van der Waals surface area contributed by atoms with Gasteiger partial charge in [-0.05, 0) is 42.2 Å². The molecule has 1 fully saturated rings. The van der Waals surface area contributed by atoms with E-state index in [4.69, 9.17) is 9.47 Å².